The highest BCUT2D eigenvalue weighted by atomic mass is 35.5. The second-order valence-corrected chi connectivity index (χ2v) is 7.13. The number of aliphatic hydroxyl groups is 2. The molecule has 0 aliphatic heterocycles. The molecule has 1 aliphatic carbocycles. The molecule has 1 fully saturated rings. The van der Waals surface area contributed by atoms with Crippen LogP contribution >= 0.6 is 11.6 Å². The number of aliphatic hydroxyl groups excluding tert-OH is 2. The van der Waals surface area contributed by atoms with Crippen molar-refractivity contribution in [2.24, 2.45) is 5.92 Å². The predicted molar refractivity (Wildman–Crippen MR) is 95.1 cm³/mol. The molecule has 0 radical (unpaired) electrons. The topological polar surface area (TPSA) is 94.9 Å². The van der Waals surface area contributed by atoms with E-state index in [9.17, 15) is 14.6 Å². The number of aromatic amines is 1. The van der Waals surface area contributed by atoms with Gasteiger partial charge in [-0.2, -0.15) is 0 Å². The Bertz CT molecular complexity index is 948. The Morgan fingerprint density at radius 1 is 1.23 bits per heavy atom. The van der Waals surface area contributed by atoms with Gasteiger partial charge < -0.3 is 15.2 Å². The Morgan fingerprint density at radius 3 is 2.92 bits per heavy atom. The molecule has 3 atom stereocenters. The molecule has 6 nitrogen and oxygen atoms in total. The van der Waals surface area contributed by atoms with Crippen LogP contribution in [0.3, 0.4) is 0 Å². The zero-order chi connectivity index (χ0) is 18.3. The van der Waals surface area contributed by atoms with Gasteiger partial charge in [-0.25, -0.2) is 19.3 Å². The number of hydrogen-bond acceptors (Lipinski definition) is 5. The molecule has 3 heterocycles. The van der Waals surface area contributed by atoms with Gasteiger partial charge in [-0.3, -0.25) is 0 Å². The van der Waals surface area contributed by atoms with Crippen molar-refractivity contribution in [3.8, 4) is 11.4 Å². The van der Waals surface area contributed by atoms with Gasteiger partial charge in [-0.1, -0.05) is 18.0 Å². The fraction of sp³-hybridized carbons (Fsp3) is 0.389. The normalized spacial score (nSPS) is 23.5. The highest BCUT2D eigenvalue weighted by Gasteiger charge is 2.31. The van der Waals surface area contributed by atoms with E-state index in [-0.39, 0.29) is 18.0 Å². The zero-order valence-electron chi connectivity index (χ0n) is 13.9. The van der Waals surface area contributed by atoms with E-state index in [1.54, 1.807) is 12.3 Å². The summed E-state index contributed by atoms with van der Waals surface area (Å²) < 4.78 is 14.3. The molecular weight excluding hydrogens is 359 g/mol. The summed E-state index contributed by atoms with van der Waals surface area (Å²) in [6, 6.07) is 1.75. The lowest BCUT2D eigenvalue weighted by atomic mass is 9.82. The maximum absolute atomic E-state index is 14.3. The molecule has 1 unspecified atom stereocenters. The van der Waals surface area contributed by atoms with Crippen molar-refractivity contribution < 1.29 is 14.6 Å². The van der Waals surface area contributed by atoms with E-state index in [1.165, 1.54) is 6.20 Å². The summed E-state index contributed by atoms with van der Waals surface area (Å²) in [5, 5.41) is 21.3. The van der Waals surface area contributed by atoms with Gasteiger partial charge in [0.2, 0.25) is 0 Å². The minimum absolute atomic E-state index is 0.227. The Hall–Kier alpha value is -2.09. The first-order valence-corrected chi connectivity index (χ1v) is 8.91. The van der Waals surface area contributed by atoms with Gasteiger partial charge >= 0.3 is 0 Å². The van der Waals surface area contributed by atoms with E-state index in [1.807, 2.05) is 0 Å². The Balaban J connectivity index is 1.68. The van der Waals surface area contributed by atoms with Gasteiger partial charge in [-0.15, -0.1) is 0 Å². The zero-order valence-corrected chi connectivity index (χ0v) is 14.6. The summed E-state index contributed by atoms with van der Waals surface area (Å²) in [5.41, 5.74) is 1.56. The van der Waals surface area contributed by atoms with Gasteiger partial charge in [0.1, 0.15) is 5.65 Å². The van der Waals surface area contributed by atoms with Crippen molar-refractivity contribution in [3.63, 3.8) is 0 Å². The SMILES string of the molecule is O[C@H]1CCCC(Cc2nc(-c3c[nH]c4ncc(Cl)cc34)ncc2F)[C@@H]1O. The third kappa shape index (κ3) is 3.18. The maximum Gasteiger partial charge on any atom is 0.163 e. The van der Waals surface area contributed by atoms with Crippen LogP contribution in [0.4, 0.5) is 4.39 Å². The van der Waals surface area contributed by atoms with Crippen LogP contribution in [0.1, 0.15) is 25.0 Å². The van der Waals surface area contributed by atoms with Crippen LogP contribution in [0.15, 0.2) is 24.7 Å². The highest BCUT2D eigenvalue weighted by molar-refractivity contribution is 6.31. The van der Waals surface area contributed by atoms with Crippen molar-refractivity contribution in [1.29, 1.82) is 0 Å². The number of nitrogens with one attached hydrogen (secondary N) is 1. The lowest BCUT2D eigenvalue weighted by Crippen LogP contribution is -2.38. The lowest BCUT2D eigenvalue weighted by molar-refractivity contribution is -0.0447. The van der Waals surface area contributed by atoms with Crippen molar-refractivity contribution in [2.45, 2.75) is 37.9 Å². The third-order valence-electron chi connectivity index (χ3n) is 4.96. The van der Waals surface area contributed by atoms with Crippen molar-refractivity contribution in [1.82, 2.24) is 19.9 Å². The van der Waals surface area contributed by atoms with Crippen LogP contribution in [0.25, 0.3) is 22.4 Å². The van der Waals surface area contributed by atoms with E-state index in [0.29, 0.717) is 28.5 Å². The molecule has 3 N–H and O–H groups in total. The first-order valence-electron chi connectivity index (χ1n) is 8.53. The number of hydrogen-bond donors (Lipinski definition) is 3. The molecule has 0 saturated heterocycles. The quantitative estimate of drug-likeness (QED) is 0.653. The molecule has 0 aromatic carbocycles. The van der Waals surface area contributed by atoms with Gasteiger partial charge in [0.15, 0.2) is 11.6 Å². The van der Waals surface area contributed by atoms with Gasteiger partial charge in [-0.05, 0) is 31.2 Å². The van der Waals surface area contributed by atoms with Gasteiger partial charge in [0.05, 0.1) is 29.1 Å². The number of H-pyrrole nitrogens is 1. The molecule has 1 aliphatic rings. The second-order valence-electron chi connectivity index (χ2n) is 6.69. The van der Waals surface area contributed by atoms with Crippen molar-refractivity contribution >= 4 is 22.6 Å². The fourth-order valence-electron chi connectivity index (χ4n) is 3.55. The summed E-state index contributed by atoms with van der Waals surface area (Å²) in [4.78, 5) is 15.7. The molecule has 26 heavy (non-hydrogen) atoms. The molecular formula is C18H18ClFN4O2. The smallest absolute Gasteiger partial charge is 0.163 e. The van der Waals surface area contributed by atoms with Crippen LogP contribution in [0.2, 0.25) is 5.02 Å². The molecule has 0 amide bonds. The molecule has 8 heteroatoms. The summed E-state index contributed by atoms with van der Waals surface area (Å²) in [5.74, 6) is -0.380. The highest BCUT2D eigenvalue weighted by Crippen LogP contribution is 2.30. The van der Waals surface area contributed by atoms with Crippen LogP contribution in [-0.2, 0) is 6.42 Å². The monoisotopic (exact) mass is 376 g/mol. The number of fused-ring (bicyclic) bond motifs is 1. The largest absolute Gasteiger partial charge is 0.390 e. The standard InChI is InChI=1S/C18H18ClFN4O2/c19-10-5-11-12(7-22-17(11)21-6-10)18-23-8-13(20)14(24-18)4-9-2-1-3-15(25)16(9)26/h5-9,15-16,25-26H,1-4H2,(H,21,22)/t9?,15-,16-/m0/s1. The molecule has 0 spiro atoms. The van der Waals surface area contributed by atoms with E-state index in [2.05, 4.69) is 19.9 Å². The van der Waals surface area contributed by atoms with Crippen molar-refractivity contribution in [2.75, 3.05) is 0 Å². The Morgan fingerprint density at radius 2 is 2.08 bits per heavy atom. The summed E-state index contributed by atoms with van der Waals surface area (Å²) in [6.07, 6.45) is 5.11. The van der Waals surface area contributed by atoms with E-state index in [0.717, 1.165) is 24.4 Å². The minimum atomic E-state index is -0.863. The Labute approximate surface area is 154 Å². The third-order valence-corrected chi connectivity index (χ3v) is 5.17. The minimum Gasteiger partial charge on any atom is -0.390 e. The number of halogens is 2. The molecule has 136 valence electrons. The molecule has 3 aromatic rings. The summed E-state index contributed by atoms with van der Waals surface area (Å²) in [6.45, 7) is 0. The second kappa shape index (κ2) is 6.90. The summed E-state index contributed by atoms with van der Waals surface area (Å²) >= 11 is 6.02. The molecule has 3 aromatic heterocycles. The number of aromatic nitrogens is 4. The molecule has 4 rings (SSSR count). The molecule has 0 bridgehead atoms. The predicted octanol–water partition coefficient (Wildman–Crippen LogP) is 2.88. The van der Waals surface area contributed by atoms with Crippen molar-refractivity contribution in [3.05, 3.63) is 41.2 Å². The van der Waals surface area contributed by atoms with Crippen LogP contribution in [0, 0.1) is 11.7 Å². The molecule has 1 saturated carbocycles. The maximum atomic E-state index is 14.3. The number of rotatable bonds is 3. The first kappa shape index (κ1) is 17.3. The Kier molecular flexibility index (Phi) is 4.60. The number of nitrogens with zero attached hydrogens (tertiary/aromatic N) is 3. The first-order chi connectivity index (χ1) is 12.5. The van der Waals surface area contributed by atoms with E-state index >= 15 is 0 Å². The van der Waals surface area contributed by atoms with Crippen LogP contribution < -0.4 is 0 Å². The van der Waals surface area contributed by atoms with Gasteiger partial charge in [0.25, 0.3) is 0 Å². The van der Waals surface area contributed by atoms with Crippen LogP contribution in [0.5, 0.6) is 0 Å². The average Bonchev–Trinajstić information content (AvgIpc) is 3.04. The van der Waals surface area contributed by atoms with E-state index < -0.39 is 18.0 Å². The average molecular weight is 377 g/mol. The van der Waals surface area contributed by atoms with Gasteiger partial charge in [0, 0.05) is 23.3 Å². The van der Waals surface area contributed by atoms with E-state index in [4.69, 9.17) is 11.6 Å². The number of pyridine rings is 1. The van der Waals surface area contributed by atoms with Crippen LogP contribution in [-0.4, -0.2) is 42.4 Å². The summed E-state index contributed by atoms with van der Waals surface area (Å²) in [7, 11) is 0. The fourth-order valence-corrected chi connectivity index (χ4v) is 3.71. The lowest BCUT2D eigenvalue weighted by Gasteiger charge is -2.31.